The van der Waals surface area contributed by atoms with E-state index in [2.05, 4.69) is 52.8 Å². The van der Waals surface area contributed by atoms with Crippen molar-refractivity contribution in [2.75, 3.05) is 0 Å². The number of hydrogen-bond acceptors (Lipinski definition) is 3. The van der Waals surface area contributed by atoms with Crippen molar-refractivity contribution in [2.24, 2.45) is 0 Å². The number of hydrogen-bond donors (Lipinski definition) is 1. The summed E-state index contributed by atoms with van der Waals surface area (Å²) in [5, 5.41) is 12.1. The standard InChI is InChI=1S/C10H6Br3NOS/c11-5-3-7(13)8(14-4-5)9(15)10-6(12)1-2-16-10/h1-4,9,15H. The molecule has 0 aromatic carbocycles. The van der Waals surface area contributed by atoms with E-state index in [9.17, 15) is 5.11 Å². The summed E-state index contributed by atoms with van der Waals surface area (Å²) in [6.07, 6.45) is 0.960. The van der Waals surface area contributed by atoms with E-state index in [1.54, 1.807) is 6.20 Å². The molecule has 0 bridgehead atoms. The van der Waals surface area contributed by atoms with Gasteiger partial charge in [-0.3, -0.25) is 4.98 Å². The fourth-order valence-corrected chi connectivity index (χ4v) is 4.03. The number of pyridine rings is 1. The number of aliphatic hydroxyl groups is 1. The van der Waals surface area contributed by atoms with Gasteiger partial charge < -0.3 is 5.11 Å². The Morgan fingerprint density at radius 3 is 2.56 bits per heavy atom. The zero-order chi connectivity index (χ0) is 11.7. The summed E-state index contributed by atoms with van der Waals surface area (Å²) in [7, 11) is 0. The highest BCUT2D eigenvalue weighted by Crippen LogP contribution is 2.35. The molecule has 0 radical (unpaired) electrons. The zero-order valence-electron chi connectivity index (χ0n) is 7.82. The molecule has 84 valence electrons. The van der Waals surface area contributed by atoms with Crippen molar-refractivity contribution in [3.63, 3.8) is 0 Å². The molecular weight excluding hydrogens is 422 g/mol. The van der Waals surface area contributed by atoms with Crippen molar-refractivity contribution in [1.29, 1.82) is 0 Å². The van der Waals surface area contributed by atoms with Crippen LogP contribution in [0.1, 0.15) is 16.7 Å². The van der Waals surface area contributed by atoms with Crippen LogP contribution in [0.2, 0.25) is 0 Å². The molecule has 0 aliphatic carbocycles. The number of thiophene rings is 1. The Kier molecular flexibility index (Phi) is 4.18. The van der Waals surface area contributed by atoms with Gasteiger partial charge in [-0.2, -0.15) is 0 Å². The van der Waals surface area contributed by atoms with Crippen molar-refractivity contribution >= 4 is 59.1 Å². The monoisotopic (exact) mass is 425 g/mol. The maximum absolute atomic E-state index is 10.2. The van der Waals surface area contributed by atoms with Crippen molar-refractivity contribution in [3.8, 4) is 0 Å². The van der Waals surface area contributed by atoms with Crippen LogP contribution in [-0.4, -0.2) is 10.1 Å². The summed E-state index contributed by atoms with van der Waals surface area (Å²) in [4.78, 5) is 5.07. The van der Waals surface area contributed by atoms with Crippen LogP contribution in [0.5, 0.6) is 0 Å². The first-order valence-corrected chi connectivity index (χ1v) is 7.57. The summed E-state index contributed by atoms with van der Waals surface area (Å²) in [6.45, 7) is 0. The molecule has 0 spiro atoms. The third kappa shape index (κ3) is 2.56. The molecule has 1 N–H and O–H groups in total. The van der Waals surface area contributed by atoms with Gasteiger partial charge >= 0.3 is 0 Å². The normalized spacial score (nSPS) is 12.8. The molecule has 0 aliphatic rings. The highest BCUT2D eigenvalue weighted by Gasteiger charge is 2.19. The quantitative estimate of drug-likeness (QED) is 0.764. The molecule has 1 unspecified atom stereocenters. The maximum atomic E-state index is 10.2. The third-order valence-electron chi connectivity index (χ3n) is 1.99. The molecule has 2 aromatic heterocycles. The second kappa shape index (κ2) is 5.27. The molecule has 2 nitrogen and oxygen atoms in total. The van der Waals surface area contributed by atoms with Crippen molar-refractivity contribution in [1.82, 2.24) is 4.98 Å². The summed E-state index contributed by atoms with van der Waals surface area (Å²) in [6, 6.07) is 3.78. The predicted molar refractivity (Wildman–Crippen MR) is 75.7 cm³/mol. The molecule has 0 aliphatic heterocycles. The molecule has 0 fully saturated rings. The van der Waals surface area contributed by atoms with Gasteiger partial charge in [-0.05, 0) is 65.3 Å². The maximum Gasteiger partial charge on any atom is 0.132 e. The Labute approximate surface area is 122 Å². The third-order valence-corrected chi connectivity index (χ3v) is 4.98. The zero-order valence-corrected chi connectivity index (χ0v) is 13.4. The van der Waals surface area contributed by atoms with E-state index in [1.165, 1.54) is 11.3 Å². The van der Waals surface area contributed by atoms with E-state index in [0.29, 0.717) is 5.69 Å². The number of nitrogens with zero attached hydrogens (tertiary/aromatic N) is 1. The van der Waals surface area contributed by atoms with E-state index in [-0.39, 0.29) is 0 Å². The lowest BCUT2D eigenvalue weighted by Crippen LogP contribution is -2.02. The number of rotatable bonds is 2. The second-order valence-electron chi connectivity index (χ2n) is 3.06. The molecule has 2 aromatic rings. The first-order valence-electron chi connectivity index (χ1n) is 4.31. The summed E-state index contributed by atoms with van der Waals surface area (Å²) in [5.41, 5.74) is 0.617. The van der Waals surface area contributed by atoms with Crippen LogP contribution in [0, 0.1) is 0 Å². The van der Waals surface area contributed by atoms with E-state index in [1.807, 2.05) is 17.5 Å². The largest absolute Gasteiger partial charge is 0.381 e. The lowest BCUT2D eigenvalue weighted by molar-refractivity contribution is 0.217. The predicted octanol–water partition coefficient (Wildman–Crippen LogP) is 4.51. The molecule has 0 saturated carbocycles. The molecule has 16 heavy (non-hydrogen) atoms. The van der Waals surface area contributed by atoms with Gasteiger partial charge in [0.15, 0.2) is 0 Å². The topological polar surface area (TPSA) is 33.1 Å². The SMILES string of the molecule is OC(c1ncc(Br)cc1Br)c1sccc1Br. The molecule has 2 rings (SSSR count). The number of aliphatic hydroxyl groups excluding tert-OH is 1. The molecule has 2 heterocycles. The number of aromatic nitrogens is 1. The van der Waals surface area contributed by atoms with E-state index in [4.69, 9.17) is 0 Å². The van der Waals surface area contributed by atoms with Crippen LogP contribution >= 0.6 is 59.1 Å². The Bertz CT molecular complexity index is 515. The smallest absolute Gasteiger partial charge is 0.132 e. The molecule has 6 heteroatoms. The average molecular weight is 428 g/mol. The minimum absolute atomic E-state index is 0.617. The van der Waals surface area contributed by atoms with Gasteiger partial charge in [-0.1, -0.05) is 0 Å². The van der Waals surface area contributed by atoms with Gasteiger partial charge in [0.05, 0.1) is 10.6 Å². The average Bonchev–Trinajstić information content (AvgIpc) is 2.63. The van der Waals surface area contributed by atoms with Crippen molar-refractivity contribution in [2.45, 2.75) is 6.10 Å². The van der Waals surface area contributed by atoms with E-state index < -0.39 is 6.10 Å². The van der Waals surface area contributed by atoms with Crippen LogP contribution in [0.25, 0.3) is 0 Å². The minimum atomic E-state index is -0.711. The van der Waals surface area contributed by atoms with Crippen LogP contribution < -0.4 is 0 Å². The van der Waals surface area contributed by atoms with Crippen LogP contribution in [0.3, 0.4) is 0 Å². The van der Waals surface area contributed by atoms with Gasteiger partial charge in [0.2, 0.25) is 0 Å². The fourth-order valence-electron chi connectivity index (χ4n) is 1.25. The summed E-state index contributed by atoms with van der Waals surface area (Å²) >= 11 is 11.6. The van der Waals surface area contributed by atoms with Crippen LogP contribution in [0.4, 0.5) is 0 Å². The number of halogens is 3. The van der Waals surface area contributed by atoms with Gasteiger partial charge in [-0.15, -0.1) is 11.3 Å². The molecule has 0 amide bonds. The van der Waals surface area contributed by atoms with E-state index in [0.717, 1.165) is 18.3 Å². The first kappa shape index (κ1) is 12.7. The highest BCUT2D eigenvalue weighted by molar-refractivity contribution is 9.11. The van der Waals surface area contributed by atoms with E-state index >= 15 is 0 Å². The Morgan fingerprint density at radius 2 is 2.00 bits per heavy atom. The van der Waals surface area contributed by atoms with Gasteiger partial charge in [-0.25, -0.2) is 0 Å². The molecule has 1 atom stereocenters. The lowest BCUT2D eigenvalue weighted by Gasteiger charge is -2.11. The summed E-state index contributed by atoms with van der Waals surface area (Å²) < 4.78 is 2.57. The van der Waals surface area contributed by atoms with Gasteiger partial charge in [0.25, 0.3) is 0 Å². The van der Waals surface area contributed by atoms with Crippen molar-refractivity contribution < 1.29 is 5.11 Å². The molecular formula is C10H6Br3NOS. The first-order chi connectivity index (χ1) is 7.59. The fraction of sp³-hybridized carbons (Fsp3) is 0.100. The Hall–Kier alpha value is 0.250. The summed E-state index contributed by atoms with van der Waals surface area (Å²) in [5.74, 6) is 0. The minimum Gasteiger partial charge on any atom is -0.381 e. The van der Waals surface area contributed by atoms with Gasteiger partial charge in [0, 0.05) is 19.6 Å². The molecule has 0 saturated heterocycles. The van der Waals surface area contributed by atoms with Gasteiger partial charge in [0.1, 0.15) is 6.10 Å². The Morgan fingerprint density at radius 1 is 1.25 bits per heavy atom. The second-order valence-corrected chi connectivity index (χ2v) is 6.63. The lowest BCUT2D eigenvalue weighted by atomic mass is 10.2. The van der Waals surface area contributed by atoms with Crippen LogP contribution in [0.15, 0.2) is 37.1 Å². The highest BCUT2D eigenvalue weighted by atomic mass is 79.9. The Balaban J connectivity index is 2.41. The van der Waals surface area contributed by atoms with Crippen molar-refractivity contribution in [3.05, 3.63) is 47.7 Å². The van der Waals surface area contributed by atoms with Crippen LogP contribution in [-0.2, 0) is 0 Å².